The summed E-state index contributed by atoms with van der Waals surface area (Å²) < 4.78 is 11.1. The first-order valence-corrected chi connectivity index (χ1v) is 8.10. The van der Waals surface area contributed by atoms with Gasteiger partial charge >= 0.3 is 0 Å². The van der Waals surface area contributed by atoms with E-state index < -0.39 is 0 Å². The summed E-state index contributed by atoms with van der Waals surface area (Å²) in [6.07, 6.45) is 0.0928. The van der Waals surface area contributed by atoms with Crippen molar-refractivity contribution in [2.24, 2.45) is 0 Å². The number of carbonyl (C=O) groups is 1. The number of carbonyl (C=O) groups excluding carboxylic acids is 1. The quantitative estimate of drug-likeness (QED) is 0.771. The third-order valence-electron chi connectivity index (χ3n) is 3.09. The highest BCUT2D eigenvalue weighted by atomic mass is 16.5. The molecule has 0 fully saturated rings. The average Bonchev–Trinajstić information content (AvgIpc) is 2.53. The molecular weight excluding hydrogens is 304 g/mol. The summed E-state index contributed by atoms with van der Waals surface area (Å²) in [5.74, 6) is 1.39. The Kier molecular flexibility index (Phi) is 6.49. The van der Waals surface area contributed by atoms with Crippen molar-refractivity contribution in [3.63, 3.8) is 0 Å². The summed E-state index contributed by atoms with van der Waals surface area (Å²) >= 11 is 0. The number of nitrogens with one attached hydrogen (secondary N) is 2. The second-order valence-corrected chi connectivity index (χ2v) is 5.56. The molecule has 5 heteroatoms. The van der Waals surface area contributed by atoms with Crippen LogP contribution >= 0.6 is 0 Å². The van der Waals surface area contributed by atoms with Gasteiger partial charge in [0.15, 0.2) is 0 Å². The van der Waals surface area contributed by atoms with Gasteiger partial charge in [0.2, 0.25) is 5.91 Å². The van der Waals surface area contributed by atoms with Gasteiger partial charge in [0.1, 0.15) is 11.5 Å². The number of rotatable bonds is 8. The fraction of sp³-hybridized carbons (Fsp3) is 0.316. The van der Waals surface area contributed by atoms with Gasteiger partial charge in [-0.1, -0.05) is 12.1 Å². The van der Waals surface area contributed by atoms with E-state index in [0.717, 1.165) is 17.2 Å². The topological polar surface area (TPSA) is 59.6 Å². The second kappa shape index (κ2) is 8.82. The molecule has 5 nitrogen and oxygen atoms in total. The van der Waals surface area contributed by atoms with E-state index in [1.807, 2.05) is 69.3 Å². The van der Waals surface area contributed by atoms with Gasteiger partial charge in [-0.3, -0.25) is 4.79 Å². The van der Waals surface area contributed by atoms with Gasteiger partial charge in [-0.15, -0.1) is 0 Å². The van der Waals surface area contributed by atoms with E-state index >= 15 is 0 Å². The van der Waals surface area contributed by atoms with Crippen LogP contribution in [0.25, 0.3) is 0 Å². The molecule has 0 saturated heterocycles. The zero-order chi connectivity index (χ0) is 17.4. The fourth-order valence-corrected chi connectivity index (χ4v) is 2.17. The largest absolute Gasteiger partial charge is 0.494 e. The summed E-state index contributed by atoms with van der Waals surface area (Å²) in [6, 6.07) is 14.9. The van der Waals surface area contributed by atoms with Gasteiger partial charge in [-0.25, -0.2) is 0 Å². The van der Waals surface area contributed by atoms with Gasteiger partial charge < -0.3 is 20.1 Å². The monoisotopic (exact) mass is 328 g/mol. The first-order valence-electron chi connectivity index (χ1n) is 8.10. The van der Waals surface area contributed by atoms with Gasteiger partial charge in [-0.05, 0) is 45.0 Å². The van der Waals surface area contributed by atoms with Crippen LogP contribution in [0.4, 0.5) is 11.4 Å². The van der Waals surface area contributed by atoms with E-state index in [1.165, 1.54) is 0 Å². The summed E-state index contributed by atoms with van der Waals surface area (Å²) in [5, 5.41) is 5.94. The molecule has 0 saturated carbocycles. The van der Waals surface area contributed by atoms with Crippen molar-refractivity contribution < 1.29 is 14.3 Å². The molecule has 24 heavy (non-hydrogen) atoms. The van der Waals surface area contributed by atoms with E-state index in [1.54, 1.807) is 0 Å². The molecule has 0 aliphatic rings. The molecule has 2 aromatic rings. The first kappa shape index (κ1) is 17.7. The van der Waals surface area contributed by atoms with Crippen molar-refractivity contribution in [1.29, 1.82) is 0 Å². The molecule has 0 bridgehead atoms. The lowest BCUT2D eigenvalue weighted by molar-refractivity contribution is -0.114. The maximum Gasteiger partial charge on any atom is 0.243 e. The van der Waals surface area contributed by atoms with Gasteiger partial charge in [-0.2, -0.15) is 0 Å². The lowest BCUT2D eigenvalue weighted by Gasteiger charge is -2.12. The fourth-order valence-electron chi connectivity index (χ4n) is 2.17. The van der Waals surface area contributed by atoms with Crippen LogP contribution in [0.1, 0.15) is 20.8 Å². The molecule has 2 N–H and O–H groups in total. The third kappa shape index (κ3) is 5.83. The van der Waals surface area contributed by atoms with E-state index in [-0.39, 0.29) is 18.6 Å². The van der Waals surface area contributed by atoms with Crippen LogP contribution in [-0.2, 0) is 4.79 Å². The number of anilines is 2. The van der Waals surface area contributed by atoms with Crippen LogP contribution in [0.2, 0.25) is 0 Å². The Morgan fingerprint density at radius 2 is 1.71 bits per heavy atom. The number of amides is 1. The standard InChI is InChI=1S/C19H24N2O3/c1-4-23-17-9-5-7-15(11-17)20-13-19(22)21-16-8-6-10-18(12-16)24-14(2)3/h5-12,14,20H,4,13H2,1-3H3,(H,21,22). The molecule has 0 heterocycles. The van der Waals surface area contributed by atoms with Gasteiger partial charge in [0.25, 0.3) is 0 Å². The minimum absolute atomic E-state index is 0.0928. The summed E-state index contributed by atoms with van der Waals surface area (Å²) in [6.45, 7) is 6.64. The molecule has 0 aromatic heterocycles. The molecule has 0 aliphatic heterocycles. The highest BCUT2D eigenvalue weighted by Gasteiger charge is 2.05. The molecular formula is C19H24N2O3. The molecule has 128 valence electrons. The molecule has 0 unspecified atom stereocenters. The van der Waals surface area contributed by atoms with Gasteiger partial charge in [0, 0.05) is 23.5 Å². The Hall–Kier alpha value is -2.69. The minimum Gasteiger partial charge on any atom is -0.494 e. The molecule has 0 radical (unpaired) electrons. The smallest absolute Gasteiger partial charge is 0.243 e. The summed E-state index contributed by atoms with van der Waals surface area (Å²) in [7, 11) is 0. The lowest BCUT2D eigenvalue weighted by Crippen LogP contribution is -2.21. The normalized spacial score (nSPS) is 10.3. The Morgan fingerprint density at radius 1 is 1.04 bits per heavy atom. The number of ether oxygens (including phenoxy) is 2. The van der Waals surface area contributed by atoms with Crippen LogP contribution in [0, 0.1) is 0 Å². The van der Waals surface area contributed by atoms with Crippen molar-refractivity contribution in [2.75, 3.05) is 23.8 Å². The predicted octanol–water partition coefficient (Wildman–Crippen LogP) is 3.92. The Balaban J connectivity index is 1.88. The minimum atomic E-state index is -0.126. The van der Waals surface area contributed by atoms with Crippen LogP contribution in [0.5, 0.6) is 11.5 Å². The van der Waals surface area contributed by atoms with E-state index in [4.69, 9.17) is 9.47 Å². The van der Waals surface area contributed by atoms with E-state index in [0.29, 0.717) is 12.3 Å². The van der Waals surface area contributed by atoms with E-state index in [2.05, 4.69) is 10.6 Å². The number of hydrogen-bond acceptors (Lipinski definition) is 4. The maximum absolute atomic E-state index is 12.1. The molecule has 2 rings (SSSR count). The van der Waals surface area contributed by atoms with Crippen molar-refractivity contribution >= 4 is 17.3 Å². The molecule has 0 aliphatic carbocycles. The zero-order valence-corrected chi connectivity index (χ0v) is 14.3. The highest BCUT2D eigenvalue weighted by Crippen LogP contribution is 2.19. The summed E-state index contributed by atoms with van der Waals surface area (Å²) in [4.78, 5) is 12.1. The average molecular weight is 328 g/mol. The Bertz CT molecular complexity index is 671. The second-order valence-electron chi connectivity index (χ2n) is 5.56. The number of hydrogen-bond donors (Lipinski definition) is 2. The Labute approximate surface area is 143 Å². The SMILES string of the molecule is CCOc1cccc(NCC(=O)Nc2cccc(OC(C)C)c2)c1. The van der Waals surface area contributed by atoms with Crippen LogP contribution in [0.15, 0.2) is 48.5 Å². The van der Waals surface area contributed by atoms with Crippen LogP contribution < -0.4 is 20.1 Å². The zero-order valence-electron chi connectivity index (χ0n) is 14.3. The molecule has 2 aromatic carbocycles. The molecule has 1 amide bonds. The van der Waals surface area contributed by atoms with Crippen molar-refractivity contribution in [3.8, 4) is 11.5 Å². The first-order chi connectivity index (χ1) is 11.6. The summed E-state index contributed by atoms with van der Waals surface area (Å²) in [5.41, 5.74) is 1.55. The molecule has 0 spiro atoms. The van der Waals surface area contributed by atoms with Crippen LogP contribution in [0.3, 0.4) is 0 Å². The van der Waals surface area contributed by atoms with Crippen LogP contribution in [-0.4, -0.2) is 25.2 Å². The lowest BCUT2D eigenvalue weighted by atomic mass is 10.3. The maximum atomic E-state index is 12.1. The van der Waals surface area contributed by atoms with Crippen molar-refractivity contribution in [1.82, 2.24) is 0 Å². The number of benzene rings is 2. The molecule has 0 atom stereocenters. The van der Waals surface area contributed by atoms with Crippen molar-refractivity contribution in [2.45, 2.75) is 26.9 Å². The third-order valence-corrected chi connectivity index (χ3v) is 3.09. The highest BCUT2D eigenvalue weighted by molar-refractivity contribution is 5.93. The predicted molar refractivity (Wildman–Crippen MR) is 96.9 cm³/mol. The van der Waals surface area contributed by atoms with E-state index in [9.17, 15) is 4.79 Å². The van der Waals surface area contributed by atoms with Gasteiger partial charge in [0.05, 0.1) is 19.3 Å². The van der Waals surface area contributed by atoms with Crippen molar-refractivity contribution in [3.05, 3.63) is 48.5 Å². The Morgan fingerprint density at radius 3 is 2.42 bits per heavy atom.